The zero-order valence-electron chi connectivity index (χ0n) is 14.5. The Bertz CT molecular complexity index is 850. The van der Waals surface area contributed by atoms with E-state index < -0.39 is 0 Å². The van der Waals surface area contributed by atoms with E-state index in [1.54, 1.807) is 12.5 Å². The van der Waals surface area contributed by atoms with Crippen molar-refractivity contribution in [1.82, 2.24) is 24.6 Å². The topological polar surface area (TPSA) is 74.5 Å². The molecule has 25 heavy (non-hydrogen) atoms. The molecule has 3 aromatic rings. The predicted octanol–water partition coefficient (Wildman–Crippen LogP) is 1.67. The van der Waals surface area contributed by atoms with Gasteiger partial charge in [-0.2, -0.15) is 0 Å². The summed E-state index contributed by atoms with van der Waals surface area (Å²) in [5.74, 6) is 2.80. The Labute approximate surface area is 146 Å². The highest BCUT2D eigenvalue weighted by atomic mass is 15.3. The van der Waals surface area contributed by atoms with E-state index in [1.165, 1.54) is 0 Å². The van der Waals surface area contributed by atoms with Crippen LogP contribution in [0.15, 0.2) is 36.9 Å². The van der Waals surface area contributed by atoms with Gasteiger partial charge in [-0.05, 0) is 25.0 Å². The molecule has 3 aromatic heterocycles. The van der Waals surface area contributed by atoms with Crippen molar-refractivity contribution in [2.45, 2.75) is 18.9 Å². The third-order valence-electron chi connectivity index (χ3n) is 4.52. The summed E-state index contributed by atoms with van der Waals surface area (Å²) in [4.78, 5) is 17.1. The fourth-order valence-electron chi connectivity index (χ4n) is 3.11. The van der Waals surface area contributed by atoms with Crippen LogP contribution in [0.25, 0.3) is 5.65 Å². The van der Waals surface area contributed by atoms with Crippen LogP contribution in [0.2, 0.25) is 0 Å². The van der Waals surface area contributed by atoms with Gasteiger partial charge in [-0.3, -0.25) is 0 Å². The van der Waals surface area contributed by atoms with E-state index in [0.29, 0.717) is 6.04 Å². The minimum Gasteiger partial charge on any atom is -0.367 e. The summed E-state index contributed by atoms with van der Waals surface area (Å²) in [6.07, 6.45) is 7.35. The van der Waals surface area contributed by atoms with Crippen LogP contribution in [0.4, 0.5) is 17.5 Å². The van der Waals surface area contributed by atoms with Crippen molar-refractivity contribution in [1.29, 1.82) is 0 Å². The second-order valence-corrected chi connectivity index (χ2v) is 6.48. The highest BCUT2D eigenvalue weighted by Crippen LogP contribution is 2.21. The Morgan fingerprint density at radius 3 is 2.76 bits per heavy atom. The van der Waals surface area contributed by atoms with Crippen LogP contribution in [0, 0.1) is 0 Å². The van der Waals surface area contributed by atoms with Gasteiger partial charge in [0.05, 0.1) is 0 Å². The lowest BCUT2D eigenvalue weighted by Gasteiger charge is -2.33. The Hall–Kier alpha value is -2.90. The van der Waals surface area contributed by atoms with Crippen LogP contribution < -0.4 is 15.1 Å². The fourth-order valence-corrected chi connectivity index (χ4v) is 3.11. The van der Waals surface area contributed by atoms with E-state index in [2.05, 4.69) is 30.3 Å². The Balaban J connectivity index is 1.38. The monoisotopic (exact) mass is 338 g/mol. The number of aromatic nitrogens is 5. The SMILES string of the molecule is CN(C)c1cc(NC2CCN(c3ccc4nccn4n3)CC2)ncn1. The maximum Gasteiger partial charge on any atom is 0.153 e. The third kappa shape index (κ3) is 3.33. The maximum absolute atomic E-state index is 4.63. The molecule has 130 valence electrons. The van der Waals surface area contributed by atoms with Crippen molar-refractivity contribution >= 4 is 23.1 Å². The van der Waals surface area contributed by atoms with E-state index in [-0.39, 0.29) is 0 Å². The van der Waals surface area contributed by atoms with Gasteiger partial charge in [0.1, 0.15) is 23.8 Å². The van der Waals surface area contributed by atoms with Crippen LogP contribution in [-0.4, -0.2) is 57.8 Å². The molecule has 1 N–H and O–H groups in total. The molecule has 4 rings (SSSR count). The Kier molecular flexibility index (Phi) is 4.09. The van der Waals surface area contributed by atoms with E-state index in [9.17, 15) is 0 Å². The number of anilines is 3. The number of fused-ring (bicyclic) bond motifs is 1. The molecular weight excluding hydrogens is 316 g/mol. The maximum atomic E-state index is 4.63. The highest BCUT2D eigenvalue weighted by Gasteiger charge is 2.21. The van der Waals surface area contributed by atoms with Crippen molar-refractivity contribution in [3.63, 3.8) is 0 Å². The second kappa shape index (κ2) is 6.54. The molecule has 1 saturated heterocycles. The van der Waals surface area contributed by atoms with Gasteiger partial charge in [0, 0.05) is 51.7 Å². The number of rotatable bonds is 4. The molecule has 0 saturated carbocycles. The molecule has 0 aromatic carbocycles. The van der Waals surface area contributed by atoms with Crippen LogP contribution >= 0.6 is 0 Å². The smallest absolute Gasteiger partial charge is 0.153 e. The van der Waals surface area contributed by atoms with Gasteiger partial charge < -0.3 is 15.1 Å². The van der Waals surface area contributed by atoms with Gasteiger partial charge >= 0.3 is 0 Å². The third-order valence-corrected chi connectivity index (χ3v) is 4.52. The Morgan fingerprint density at radius 1 is 1.12 bits per heavy atom. The fraction of sp³-hybridized carbons (Fsp3) is 0.412. The predicted molar refractivity (Wildman–Crippen MR) is 98.2 cm³/mol. The molecule has 0 spiro atoms. The second-order valence-electron chi connectivity index (χ2n) is 6.48. The van der Waals surface area contributed by atoms with E-state index in [4.69, 9.17) is 0 Å². The number of hydrogen-bond donors (Lipinski definition) is 1. The summed E-state index contributed by atoms with van der Waals surface area (Å²) in [5, 5.41) is 8.17. The van der Waals surface area contributed by atoms with Crippen molar-refractivity contribution in [2.24, 2.45) is 0 Å². The van der Waals surface area contributed by atoms with E-state index in [0.717, 1.165) is 49.0 Å². The van der Waals surface area contributed by atoms with Gasteiger partial charge in [0.15, 0.2) is 5.65 Å². The van der Waals surface area contributed by atoms with Crippen molar-refractivity contribution in [3.05, 3.63) is 36.9 Å². The summed E-state index contributed by atoms with van der Waals surface area (Å²) < 4.78 is 1.82. The average Bonchev–Trinajstić information content (AvgIpc) is 3.10. The lowest BCUT2D eigenvalue weighted by Crippen LogP contribution is -2.39. The Morgan fingerprint density at radius 2 is 1.96 bits per heavy atom. The molecule has 0 atom stereocenters. The lowest BCUT2D eigenvalue weighted by atomic mass is 10.1. The average molecular weight is 338 g/mol. The molecule has 8 heteroatoms. The zero-order valence-corrected chi connectivity index (χ0v) is 14.5. The van der Waals surface area contributed by atoms with Gasteiger partial charge in [-0.15, -0.1) is 5.10 Å². The molecular formula is C17H22N8. The molecule has 0 aliphatic carbocycles. The molecule has 1 aliphatic rings. The molecule has 0 bridgehead atoms. The lowest BCUT2D eigenvalue weighted by molar-refractivity contribution is 0.520. The molecule has 0 radical (unpaired) electrons. The number of imidazole rings is 1. The van der Waals surface area contributed by atoms with E-state index >= 15 is 0 Å². The summed E-state index contributed by atoms with van der Waals surface area (Å²) in [5.41, 5.74) is 0.876. The minimum absolute atomic E-state index is 0.415. The first-order chi connectivity index (χ1) is 12.2. The first-order valence-electron chi connectivity index (χ1n) is 8.50. The highest BCUT2D eigenvalue weighted by molar-refractivity contribution is 5.49. The van der Waals surface area contributed by atoms with Gasteiger partial charge in [0.25, 0.3) is 0 Å². The minimum atomic E-state index is 0.415. The molecule has 1 aliphatic heterocycles. The van der Waals surface area contributed by atoms with Crippen molar-refractivity contribution in [3.8, 4) is 0 Å². The van der Waals surface area contributed by atoms with Crippen LogP contribution in [0.5, 0.6) is 0 Å². The molecule has 4 heterocycles. The van der Waals surface area contributed by atoms with Crippen LogP contribution in [-0.2, 0) is 0 Å². The largest absolute Gasteiger partial charge is 0.367 e. The van der Waals surface area contributed by atoms with Gasteiger partial charge in [-0.1, -0.05) is 0 Å². The normalized spacial score (nSPS) is 15.5. The van der Waals surface area contributed by atoms with Crippen LogP contribution in [0.1, 0.15) is 12.8 Å². The standard InChI is InChI=1S/C17H22N8/c1-23(2)17-11-14(19-12-20-17)21-13-5-8-24(9-6-13)16-4-3-15-18-7-10-25(15)22-16/h3-4,7,10-13H,5-6,8-9H2,1-2H3,(H,19,20,21). The van der Waals surface area contributed by atoms with Crippen molar-refractivity contribution in [2.75, 3.05) is 42.3 Å². The first kappa shape index (κ1) is 15.6. The number of piperidine rings is 1. The van der Waals surface area contributed by atoms with Crippen LogP contribution in [0.3, 0.4) is 0 Å². The summed E-state index contributed by atoms with van der Waals surface area (Å²) in [6, 6.07) is 6.46. The van der Waals surface area contributed by atoms with Gasteiger partial charge in [0.2, 0.25) is 0 Å². The summed E-state index contributed by atoms with van der Waals surface area (Å²) in [6.45, 7) is 1.94. The number of hydrogen-bond acceptors (Lipinski definition) is 7. The van der Waals surface area contributed by atoms with E-state index in [1.807, 2.05) is 47.9 Å². The summed E-state index contributed by atoms with van der Waals surface area (Å²) >= 11 is 0. The first-order valence-corrected chi connectivity index (χ1v) is 8.50. The zero-order chi connectivity index (χ0) is 17.2. The molecule has 0 unspecified atom stereocenters. The molecule has 0 amide bonds. The molecule has 1 fully saturated rings. The van der Waals surface area contributed by atoms with Gasteiger partial charge in [-0.25, -0.2) is 19.5 Å². The summed E-state index contributed by atoms with van der Waals surface area (Å²) in [7, 11) is 3.96. The molecule has 8 nitrogen and oxygen atoms in total. The van der Waals surface area contributed by atoms with Crippen molar-refractivity contribution < 1.29 is 0 Å². The number of nitrogens with zero attached hydrogens (tertiary/aromatic N) is 7. The number of nitrogens with one attached hydrogen (secondary N) is 1. The quantitative estimate of drug-likeness (QED) is 0.775.